The molecule has 0 bridgehead atoms. The molecule has 3 amide bonds. The lowest BCUT2D eigenvalue weighted by Gasteiger charge is -2.26. The van der Waals surface area contributed by atoms with E-state index < -0.39 is 54.0 Å². The minimum Gasteiger partial charge on any atom is -0.480 e. The Bertz CT molecular complexity index is 564. The van der Waals surface area contributed by atoms with Gasteiger partial charge in [-0.05, 0) is 32.1 Å². The third-order valence-corrected chi connectivity index (χ3v) is 4.14. The number of rotatable bonds is 11. The fraction of sp³-hybridized carbons (Fsp3) is 0.778. The van der Waals surface area contributed by atoms with E-state index in [1.807, 2.05) is 13.8 Å². The summed E-state index contributed by atoms with van der Waals surface area (Å²) < 4.78 is 0. The van der Waals surface area contributed by atoms with E-state index in [4.69, 9.17) is 5.73 Å². The molecule has 0 fully saturated rings. The fourth-order valence-electron chi connectivity index (χ4n) is 2.36. The summed E-state index contributed by atoms with van der Waals surface area (Å²) in [7, 11) is 0. The van der Waals surface area contributed by atoms with Crippen LogP contribution in [0.3, 0.4) is 0 Å². The van der Waals surface area contributed by atoms with Gasteiger partial charge in [-0.2, -0.15) is 0 Å². The maximum Gasteiger partial charge on any atom is 0.326 e. The molecule has 0 spiro atoms. The summed E-state index contributed by atoms with van der Waals surface area (Å²) in [6.07, 6.45) is -0.835. The van der Waals surface area contributed by atoms with Crippen molar-refractivity contribution in [1.82, 2.24) is 16.0 Å². The Labute approximate surface area is 165 Å². The van der Waals surface area contributed by atoms with Crippen molar-refractivity contribution in [2.45, 2.75) is 78.2 Å². The molecule has 0 aliphatic rings. The molecule has 0 aliphatic heterocycles. The molecule has 5 atom stereocenters. The molecular formula is C18H34N4O6. The van der Waals surface area contributed by atoms with Gasteiger partial charge in [0.15, 0.2) is 0 Å². The first-order valence-electron chi connectivity index (χ1n) is 9.35. The van der Waals surface area contributed by atoms with E-state index in [2.05, 4.69) is 16.0 Å². The summed E-state index contributed by atoms with van der Waals surface area (Å²) in [6, 6.07) is -4.23. The van der Waals surface area contributed by atoms with Crippen molar-refractivity contribution in [2.24, 2.45) is 17.6 Å². The summed E-state index contributed by atoms with van der Waals surface area (Å²) in [5, 5.41) is 25.9. The van der Waals surface area contributed by atoms with Crippen LogP contribution < -0.4 is 21.7 Å². The molecule has 0 aromatic heterocycles. The summed E-state index contributed by atoms with van der Waals surface area (Å²) in [6.45, 7) is 9.85. The third-order valence-electron chi connectivity index (χ3n) is 4.14. The Morgan fingerprint density at radius 3 is 1.79 bits per heavy atom. The van der Waals surface area contributed by atoms with Gasteiger partial charge in [0.2, 0.25) is 17.7 Å². The monoisotopic (exact) mass is 402 g/mol. The highest BCUT2D eigenvalue weighted by Gasteiger charge is 2.30. The van der Waals surface area contributed by atoms with E-state index in [0.717, 1.165) is 0 Å². The largest absolute Gasteiger partial charge is 0.480 e. The molecule has 0 saturated heterocycles. The van der Waals surface area contributed by atoms with Crippen LogP contribution in [0.2, 0.25) is 0 Å². The smallest absolute Gasteiger partial charge is 0.326 e. The van der Waals surface area contributed by atoms with E-state index in [1.54, 1.807) is 13.8 Å². The molecule has 0 radical (unpaired) electrons. The Kier molecular flexibility index (Phi) is 10.7. The van der Waals surface area contributed by atoms with Gasteiger partial charge in [-0.1, -0.05) is 27.7 Å². The van der Waals surface area contributed by atoms with Crippen LogP contribution in [0.5, 0.6) is 0 Å². The van der Waals surface area contributed by atoms with Gasteiger partial charge < -0.3 is 31.9 Å². The van der Waals surface area contributed by atoms with Crippen molar-refractivity contribution in [2.75, 3.05) is 0 Å². The van der Waals surface area contributed by atoms with Crippen molar-refractivity contribution in [3.63, 3.8) is 0 Å². The summed E-state index contributed by atoms with van der Waals surface area (Å²) in [4.78, 5) is 48.1. The predicted octanol–water partition coefficient (Wildman–Crippen LogP) is -1.04. The summed E-state index contributed by atoms with van der Waals surface area (Å²) in [5.41, 5.74) is 5.57. The fourth-order valence-corrected chi connectivity index (χ4v) is 2.36. The Balaban J connectivity index is 4.99. The van der Waals surface area contributed by atoms with Crippen LogP contribution in [-0.2, 0) is 19.2 Å². The van der Waals surface area contributed by atoms with Crippen LogP contribution in [0.15, 0.2) is 0 Å². The summed E-state index contributed by atoms with van der Waals surface area (Å²) in [5.74, 6) is -3.35. The van der Waals surface area contributed by atoms with E-state index >= 15 is 0 Å². The second kappa shape index (κ2) is 11.6. The van der Waals surface area contributed by atoms with Gasteiger partial charge >= 0.3 is 5.97 Å². The minimum absolute atomic E-state index is 0.0601. The molecule has 0 heterocycles. The zero-order chi connectivity index (χ0) is 22.2. The zero-order valence-corrected chi connectivity index (χ0v) is 17.4. The lowest BCUT2D eigenvalue weighted by molar-refractivity contribution is -0.142. The van der Waals surface area contributed by atoms with E-state index in [0.29, 0.717) is 0 Å². The number of carbonyl (C=O) groups excluding carboxylic acids is 3. The van der Waals surface area contributed by atoms with Crippen LogP contribution in [0.1, 0.15) is 48.0 Å². The standard InChI is InChI=1S/C18H34N4O6/c1-8(2)7-12(18(27)28)21-15(24)10(5)20-17(26)14(9(3)4)22-16(25)13(19)11(6)23/h8-14,23H,7,19H2,1-6H3,(H,20,26)(H,21,24)(H,22,25)(H,27,28). The van der Waals surface area contributed by atoms with Gasteiger partial charge in [0.1, 0.15) is 24.2 Å². The van der Waals surface area contributed by atoms with Crippen molar-refractivity contribution in [3.8, 4) is 0 Å². The number of nitrogens with one attached hydrogen (secondary N) is 3. The van der Waals surface area contributed by atoms with Gasteiger partial charge in [0.05, 0.1) is 6.10 Å². The SMILES string of the molecule is CC(C)CC(NC(=O)C(C)NC(=O)C(NC(=O)C(N)C(C)O)C(C)C)C(=O)O. The molecule has 0 rings (SSSR count). The highest BCUT2D eigenvalue weighted by atomic mass is 16.4. The Morgan fingerprint density at radius 1 is 0.857 bits per heavy atom. The number of carboxylic acid groups (broad SMARTS) is 1. The van der Waals surface area contributed by atoms with Gasteiger partial charge in [-0.3, -0.25) is 14.4 Å². The number of carbonyl (C=O) groups is 4. The molecule has 0 aliphatic carbocycles. The third kappa shape index (κ3) is 8.66. The van der Waals surface area contributed by atoms with Crippen LogP contribution in [-0.4, -0.2) is 64.2 Å². The molecule has 28 heavy (non-hydrogen) atoms. The zero-order valence-electron chi connectivity index (χ0n) is 17.4. The topological polar surface area (TPSA) is 171 Å². The molecule has 0 aromatic carbocycles. The maximum absolute atomic E-state index is 12.5. The molecule has 10 heteroatoms. The first-order valence-corrected chi connectivity index (χ1v) is 9.35. The number of aliphatic hydroxyl groups excluding tert-OH is 1. The first kappa shape index (κ1) is 25.8. The van der Waals surface area contributed by atoms with Crippen LogP contribution in [0.25, 0.3) is 0 Å². The second-order valence-corrected chi connectivity index (χ2v) is 7.76. The van der Waals surface area contributed by atoms with Crippen LogP contribution in [0.4, 0.5) is 0 Å². The normalized spacial score (nSPS) is 16.6. The van der Waals surface area contributed by atoms with Gasteiger partial charge in [0, 0.05) is 0 Å². The molecule has 10 nitrogen and oxygen atoms in total. The Morgan fingerprint density at radius 2 is 1.39 bits per heavy atom. The summed E-state index contributed by atoms with van der Waals surface area (Å²) >= 11 is 0. The van der Waals surface area contributed by atoms with Gasteiger partial charge in [0.25, 0.3) is 0 Å². The average Bonchev–Trinajstić information content (AvgIpc) is 2.56. The predicted molar refractivity (Wildman–Crippen MR) is 103 cm³/mol. The highest BCUT2D eigenvalue weighted by Crippen LogP contribution is 2.06. The quantitative estimate of drug-likeness (QED) is 0.256. The van der Waals surface area contributed by atoms with E-state index in [9.17, 15) is 29.4 Å². The number of hydrogen-bond donors (Lipinski definition) is 6. The van der Waals surface area contributed by atoms with Crippen molar-refractivity contribution >= 4 is 23.7 Å². The van der Waals surface area contributed by atoms with Gasteiger partial charge in [-0.25, -0.2) is 4.79 Å². The van der Waals surface area contributed by atoms with Crippen molar-refractivity contribution < 1.29 is 29.4 Å². The average molecular weight is 402 g/mol. The van der Waals surface area contributed by atoms with Crippen molar-refractivity contribution in [3.05, 3.63) is 0 Å². The number of aliphatic hydroxyl groups is 1. The highest BCUT2D eigenvalue weighted by molar-refractivity contribution is 5.94. The minimum atomic E-state index is -1.19. The van der Waals surface area contributed by atoms with Crippen LogP contribution in [0, 0.1) is 11.8 Å². The lowest BCUT2D eigenvalue weighted by atomic mass is 10.0. The molecule has 0 saturated carbocycles. The van der Waals surface area contributed by atoms with Crippen LogP contribution >= 0.6 is 0 Å². The number of aliphatic carboxylic acids is 1. The first-order chi connectivity index (χ1) is 12.8. The molecule has 0 aromatic rings. The molecule has 5 unspecified atom stereocenters. The maximum atomic E-state index is 12.5. The number of amides is 3. The van der Waals surface area contributed by atoms with E-state index in [1.165, 1.54) is 13.8 Å². The van der Waals surface area contributed by atoms with E-state index in [-0.39, 0.29) is 18.3 Å². The molecule has 162 valence electrons. The van der Waals surface area contributed by atoms with Gasteiger partial charge in [-0.15, -0.1) is 0 Å². The number of nitrogens with two attached hydrogens (primary N) is 1. The molecular weight excluding hydrogens is 368 g/mol. The Hall–Kier alpha value is -2.20. The number of hydrogen-bond acceptors (Lipinski definition) is 6. The number of carboxylic acids is 1. The van der Waals surface area contributed by atoms with Crippen molar-refractivity contribution in [1.29, 1.82) is 0 Å². The second-order valence-electron chi connectivity index (χ2n) is 7.76. The lowest BCUT2D eigenvalue weighted by Crippen LogP contribution is -2.58. The molecule has 7 N–H and O–H groups in total.